The number of hydrogen-bond donors (Lipinski definition) is 0. The molecule has 0 aliphatic heterocycles. The molecule has 3 aromatic carbocycles. The Morgan fingerprint density at radius 3 is 1.54 bits per heavy atom. The molecule has 0 saturated carbocycles. The number of benzene rings is 3. The van der Waals surface area contributed by atoms with Crippen molar-refractivity contribution in [3.8, 4) is 30.3 Å². The van der Waals surface area contributed by atoms with E-state index < -0.39 is 0 Å². The molecule has 0 saturated heterocycles. The van der Waals surface area contributed by atoms with Crippen molar-refractivity contribution in [1.82, 2.24) is 0 Å². The van der Waals surface area contributed by atoms with Crippen molar-refractivity contribution in [3.05, 3.63) is 161 Å². The predicted molar refractivity (Wildman–Crippen MR) is 165 cm³/mol. The zero-order chi connectivity index (χ0) is 33.1. The van der Waals surface area contributed by atoms with Crippen LogP contribution in [0.15, 0.2) is 59.8 Å². The molecule has 0 bridgehead atoms. The Hall–Kier alpha value is -8.48. The molecule has 0 atom stereocenters. The van der Waals surface area contributed by atoms with E-state index in [4.69, 9.17) is 32.9 Å². The third kappa shape index (κ3) is 4.27. The molecular weight excluding hydrogens is 572 g/mol. The van der Waals surface area contributed by atoms with E-state index in [-0.39, 0.29) is 101 Å². The minimum absolute atomic E-state index is 0.0523. The Labute approximate surface area is 262 Å². The fraction of sp³-hybridized carbons (Fsp3) is 0. The third-order valence-corrected chi connectivity index (χ3v) is 7.25. The molecule has 0 spiro atoms. The highest BCUT2D eigenvalue weighted by Crippen LogP contribution is 2.53. The summed E-state index contributed by atoms with van der Waals surface area (Å²) in [7, 11) is 0. The van der Waals surface area contributed by atoms with Gasteiger partial charge in [0.05, 0.1) is 61.7 Å². The van der Waals surface area contributed by atoms with Crippen molar-refractivity contribution >= 4 is 45.1 Å². The van der Waals surface area contributed by atoms with Gasteiger partial charge in [0.15, 0.2) is 22.8 Å². The first-order valence-corrected chi connectivity index (χ1v) is 12.7. The molecule has 0 radical (unpaired) electrons. The maximum atomic E-state index is 10.4. The molecule has 46 heavy (non-hydrogen) atoms. The van der Waals surface area contributed by atoms with Gasteiger partial charge >= 0.3 is 0 Å². The Morgan fingerprint density at radius 1 is 0.500 bits per heavy atom. The lowest BCUT2D eigenvalue weighted by Gasteiger charge is -2.14. The number of nitrogens with zero attached hydrogens (tertiary/aromatic N) is 10. The zero-order valence-electron chi connectivity index (χ0n) is 23.1. The molecule has 3 aromatic rings. The van der Waals surface area contributed by atoms with Gasteiger partial charge in [0.2, 0.25) is 5.70 Å². The summed E-state index contributed by atoms with van der Waals surface area (Å²) in [6, 6.07) is 21.3. The lowest BCUT2D eigenvalue weighted by molar-refractivity contribution is 1.46. The highest BCUT2D eigenvalue weighted by atomic mass is 14.8. The third-order valence-electron chi connectivity index (χ3n) is 7.25. The van der Waals surface area contributed by atoms with Gasteiger partial charge in [0, 0.05) is 22.3 Å². The first kappa shape index (κ1) is 29.0. The normalized spacial score (nSPS) is 14.2. The van der Waals surface area contributed by atoms with E-state index in [1.54, 1.807) is 0 Å². The molecule has 10 nitrogen and oxygen atoms in total. The van der Waals surface area contributed by atoms with Crippen LogP contribution in [0.5, 0.6) is 0 Å². The molecule has 202 valence electrons. The van der Waals surface area contributed by atoms with Crippen LogP contribution >= 0.6 is 0 Å². The molecule has 0 amide bonds. The fourth-order valence-corrected chi connectivity index (χ4v) is 5.42. The minimum atomic E-state index is -0.149. The minimum Gasteiger partial charge on any atom is -0.251 e. The Balaban J connectivity index is 1.95. The Bertz CT molecular complexity index is 2330. The maximum Gasteiger partial charge on any atom is 0.201 e. The van der Waals surface area contributed by atoms with Gasteiger partial charge in [-0.3, -0.25) is 4.85 Å². The number of hydrogen-bond acceptors (Lipinski definition) is 5. The Morgan fingerprint density at radius 2 is 1.04 bits per heavy atom. The molecule has 5 rings (SSSR count). The molecular formula is C36H8N10. The highest BCUT2D eigenvalue weighted by molar-refractivity contribution is 6.19. The summed E-state index contributed by atoms with van der Waals surface area (Å²) < 4.78 is 0. The van der Waals surface area contributed by atoms with Crippen LogP contribution < -0.4 is 0 Å². The second kappa shape index (κ2) is 11.4. The van der Waals surface area contributed by atoms with Crippen molar-refractivity contribution in [2.75, 3.05) is 0 Å². The zero-order valence-corrected chi connectivity index (χ0v) is 23.1. The molecule has 0 N–H and O–H groups in total. The predicted octanol–water partition coefficient (Wildman–Crippen LogP) is 8.09. The Kier molecular flexibility index (Phi) is 7.21. The topological polar surface area (TPSA) is 141 Å². The van der Waals surface area contributed by atoms with Crippen molar-refractivity contribution in [2.24, 2.45) is 0 Å². The van der Waals surface area contributed by atoms with Gasteiger partial charge in [-0.2, -0.15) is 26.3 Å². The van der Waals surface area contributed by atoms with Crippen molar-refractivity contribution in [2.45, 2.75) is 0 Å². The van der Waals surface area contributed by atoms with E-state index in [2.05, 4.69) is 30.3 Å². The van der Waals surface area contributed by atoms with Gasteiger partial charge in [-0.1, -0.05) is 18.2 Å². The van der Waals surface area contributed by atoms with Crippen LogP contribution in [0.4, 0.5) is 11.4 Å². The van der Waals surface area contributed by atoms with E-state index in [9.17, 15) is 26.3 Å². The molecule has 2 aliphatic carbocycles. The number of rotatable bonds is 2. The monoisotopic (exact) mass is 580 g/mol. The summed E-state index contributed by atoms with van der Waals surface area (Å²) in [5.41, 5.74) is 1.11. The van der Waals surface area contributed by atoms with Crippen LogP contribution in [-0.4, -0.2) is 0 Å². The van der Waals surface area contributed by atoms with E-state index in [0.29, 0.717) is 0 Å². The van der Waals surface area contributed by atoms with Crippen molar-refractivity contribution < 1.29 is 0 Å². The van der Waals surface area contributed by atoms with Crippen molar-refractivity contribution in [3.63, 3.8) is 0 Å². The highest BCUT2D eigenvalue weighted by Gasteiger charge is 2.36. The van der Waals surface area contributed by atoms with Crippen LogP contribution in [0.25, 0.3) is 57.9 Å². The summed E-state index contributed by atoms with van der Waals surface area (Å²) in [6.45, 7) is 38.7. The lowest BCUT2D eigenvalue weighted by Crippen LogP contribution is -1.96. The number of allylic oxidation sites excluding steroid dienone is 5. The van der Waals surface area contributed by atoms with E-state index in [1.807, 2.05) is 24.3 Å². The standard InChI is InChI=1S/C36H8N10/c1-42-23-8-19(14-37)6-21(10-23)29(16-39)32-26-13-27-28(12-25(26)30(17-40)31(32)18-41)35(45-4)36(46-5)33(27)34(44-3)22-7-20(15-38)9-24(11-22)43-2/h6-13H/b32-29?,34-33-. The maximum absolute atomic E-state index is 10.4. The molecule has 10 heteroatoms. The quantitative estimate of drug-likeness (QED) is 0.222. The first-order valence-electron chi connectivity index (χ1n) is 12.7. The van der Waals surface area contributed by atoms with E-state index in [1.165, 1.54) is 48.5 Å². The first-order chi connectivity index (χ1) is 22.4. The average Bonchev–Trinajstić information content (AvgIpc) is 3.57. The van der Waals surface area contributed by atoms with Gasteiger partial charge in [-0.05, 0) is 63.7 Å². The summed E-state index contributed by atoms with van der Waals surface area (Å²) >= 11 is 0. The van der Waals surface area contributed by atoms with Crippen LogP contribution in [0.1, 0.15) is 44.5 Å². The van der Waals surface area contributed by atoms with E-state index in [0.717, 1.165) is 0 Å². The summed E-state index contributed by atoms with van der Waals surface area (Å²) in [4.78, 5) is 17.6. The summed E-state index contributed by atoms with van der Waals surface area (Å²) in [5.74, 6) is 0. The van der Waals surface area contributed by atoms with Gasteiger partial charge in [-0.25, -0.2) is 19.4 Å². The van der Waals surface area contributed by atoms with Crippen LogP contribution in [0.2, 0.25) is 0 Å². The SMILES string of the molecule is [C-]#[N+]C1=C([N+]#[C-])c2cc3c(cc2/C1=C(/[N+]#[C-])c1cc(C#N)cc([N+]#[C-])c1)C(=C(C#N)c1cc(C#N)cc([N+]#[C-])c1)C(C#N)=C3C#N. The number of nitriles is 5. The molecule has 0 heterocycles. The second-order valence-electron chi connectivity index (χ2n) is 9.52. The second-order valence-corrected chi connectivity index (χ2v) is 9.52. The smallest absolute Gasteiger partial charge is 0.201 e. The molecule has 0 unspecified atom stereocenters. The molecule has 0 fully saturated rings. The number of fused-ring (bicyclic) bond motifs is 2. The van der Waals surface area contributed by atoms with Crippen LogP contribution in [0, 0.1) is 89.5 Å². The molecule has 0 aromatic heterocycles. The van der Waals surface area contributed by atoms with Gasteiger partial charge in [0.1, 0.15) is 18.2 Å². The molecule has 2 aliphatic rings. The van der Waals surface area contributed by atoms with Gasteiger partial charge < -0.3 is 0 Å². The van der Waals surface area contributed by atoms with E-state index >= 15 is 0 Å². The summed E-state index contributed by atoms with van der Waals surface area (Å²) in [5, 5.41) is 49.8. The average molecular weight is 581 g/mol. The lowest BCUT2D eigenvalue weighted by atomic mass is 9.89. The fourth-order valence-electron chi connectivity index (χ4n) is 5.42. The summed E-state index contributed by atoms with van der Waals surface area (Å²) in [6.07, 6.45) is 0. The van der Waals surface area contributed by atoms with Crippen LogP contribution in [0.3, 0.4) is 0 Å². The van der Waals surface area contributed by atoms with Gasteiger partial charge in [-0.15, -0.1) is 0 Å². The van der Waals surface area contributed by atoms with Crippen molar-refractivity contribution in [1.29, 1.82) is 26.3 Å². The largest absolute Gasteiger partial charge is 0.251 e. The van der Waals surface area contributed by atoms with Gasteiger partial charge in [0.25, 0.3) is 0 Å². The van der Waals surface area contributed by atoms with Crippen LogP contribution in [-0.2, 0) is 0 Å².